The normalized spacial score (nSPS) is 12.2. The maximum atomic E-state index is 2.50. The lowest BCUT2D eigenvalue weighted by Crippen LogP contribution is -2.10. The van der Waals surface area contributed by atoms with E-state index in [2.05, 4.69) is 522 Å². The summed E-state index contributed by atoms with van der Waals surface area (Å²) in [6, 6.07) is 177. The number of anilines is 3. The Morgan fingerprint density at radius 3 is 0.978 bits per heavy atom. The summed E-state index contributed by atoms with van der Waals surface area (Å²) >= 11 is 0. The van der Waals surface area contributed by atoms with Crippen molar-refractivity contribution >= 4 is 213 Å². The summed E-state index contributed by atoms with van der Waals surface area (Å²) in [5.41, 5.74) is 36.5. The summed E-state index contributed by atoms with van der Waals surface area (Å²) in [5.74, 6) is 0. The molecule has 0 amide bonds. The van der Waals surface area contributed by atoms with Crippen LogP contribution in [0.15, 0.2) is 485 Å². The highest BCUT2D eigenvalue weighted by Gasteiger charge is 2.30. The van der Waals surface area contributed by atoms with Crippen molar-refractivity contribution in [3.05, 3.63) is 485 Å². The molecule has 0 aliphatic heterocycles. The molecular formula is C130H80N8. The molecule has 9 aromatic heterocycles. The molecule has 22 aromatic carbocycles. The molecule has 31 aromatic rings. The number of para-hydroxylation sites is 9. The van der Waals surface area contributed by atoms with Crippen molar-refractivity contribution in [2.45, 2.75) is 0 Å². The van der Waals surface area contributed by atoms with Gasteiger partial charge in [0.1, 0.15) is 0 Å². The maximum absolute atomic E-state index is 2.50. The van der Waals surface area contributed by atoms with Gasteiger partial charge in [-0.05, 0) is 219 Å². The Morgan fingerprint density at radius 2 is 0.449 bits per heavy atom. The fourth-order valence-corrected chi connectivity index (χ4v) is 24.3. The van der Waals surface area contributed by atoms with Crippen LogP contribution in [0.1, 0.15) is 0 Å². The summed E-state index contributed by atoms with van der Waals surface area (Å²) in [7, 11) is 0. The second kappa shape index (κ2) is 29.5. The number of aromatic nitrogens is 7. The molecule has 0 bridgehead atoms. The molecule has 1 aliphatic rings. The standard InChI is InChI=1S/C48H31N3.C42H25N3.C40H24N2/c1-3-13-32(14-4-1)33-25-27-35(28-26-33)49(34-15-5-2-6-16-34)36-17-11-18-37(31-36)50-44-24-12-21-40-38-19-7-9-22-42(38)51-43-23-10-8-20-39(43)41-29-30-45(50)47(46(40)44)48(41)51;1-5-18-34-28(13-1)29-14-2-6-19-35(29)43(34)26-11-9-12-27(25-26)44-38-22-10-17-32-30-15-3-7-20-36(30)45-37-21-8-4-16-31(37)33-23-24-39(44)41(40(32)38)42(33)45;1-2-11-26(12-3-1)41-34-18-7-6-15-30(34)31-22-21-27(24-37(31)41)42-35-19-9-17-33-29-14-5-4-13-28(29)32-16-8-10-25-20-23-36(42)40(38(25)32)39(33)35/h1-31H;1-25H;1-24H. The van der Waals surface area contributed by atoms with E-state index >= 15 is 0 Å². The van der Waals surface area contributed by atoms with Crippen LogP contribution in [0.25, 0.3) is 258 Å². The van der Waals surface area contributed by atoms with E-state index in [0.717, 1.165) is 34.1 Å². The minimum Gasteiger partial charge on any atom is -0.310 e. The largest absolute Gasteiger partial charge is 0.310 e. The van der Waals surface area contributed by atoms with Crippen molar-refractivity contribution in [1.82, 2.24) is 31.6 Å². The first-order valence-corrected chi connectivity index (χ1v) is 47.6. The van der Waals surface area contributed by atoms with Gasteiger partial charge in [-0.15, -0.1) is 0 Å². The van der Waals surface area contributed by atoms with Crippen LogP contribution in [-0.2, 0) is 0 Å². The zero-order valence-electron chi connectivity index (χ0n) is 74.8. The van der Waals surface area contributed by atoms with Gasteiger partial charge in [0.2, 0.25) is 0 Å². The van der Waals surface area contributed by atoms with E-state index in [4.69, 9.17) is 0 Å². The highest BCUT2D eigenvalue weighted by Crippen LogP contribution is 2.53. The van der Waals surface area contributed by atoms with Crippen LogP contribution in [0.4, 0.5) is 17.1 Å². The van der Waals surface area contributed by atoms with Crippen molar-refractivity contribution in [1.29, 1.82) is 0 Å². The Balaban J connectivity index is 0.0000000982. The average Bonchev–Trinajstić information content (AvgIpc) is 1.53. The van der Waals surface area contributed by atoms with E-state index in [-0.39, 0.29) is 0 Å². The van der Waals surface area contributed by atoms with Gasteiger partial charge in [-0.25, -0.2) is 0 Å². The molecule has 0 spiro atoms. The van der Waals surface area contributed by atoms with Crippen molar-refractivity contribution in [2.24, 2.45) is 0 Å². The van der Waals surface area contributed by atoms with E-state index in [9.17, 15) is 0 Å². The third kappa shape index (κ3) is 10.8. The number of fused-ring (bicyclic) bond motifs is 21. The smallest absolute Gasteiger partial charge is 0.0641 e. The number of rotatable bonds is 9. The zero-order chi connectivity index (χ0) is 90.1. The van der Waals surface area contributed by atoms with Gasteiger partial charge in [-0.2, -0.15) is 0 Å². The second-order valence-corrected chi connectivity index (χ2v) is 36.8. The Labute approximate surface area is 791 Å². The van der Waals surface area contributed by atoms with Crippen molar-refractivity contribution in [3.8, 4) is 61.8 Å². The maximum Gasteiger partial charge on any atom is 0.0641 e. The third-order valence-electron chi connectivity index (χ3n) is 29.8. The van der Waals surface area contributed by atoms with Gasteiger partial charge < -0.3 is 36.5 Å². The first-order chi connectivity index (χ1) is 68.6. The molecular weight excluding hydrogens is 1670 g/mol. The van der Waals surface area contributed by atoms with E-state index in [0.29, 0.717) is 0 Å². The fraction of sp³-hybridized carbons (Fsp3) is 0. The highest BCUT2D eigenvalue weighted by atomic mass is 15.1. The molecule has 0 N–H and O–H groups in total. The number of hydrogen-bond acceptors (Lipinski definition) is 1. The first kappa shape index (κ1) is 76.1. The Morgan fingerprint density at radius 1 is 0.138 bits per heavy atom. The SMILES string of the molecule is c1cc(-n2c3ccccc3c3ccccc32)cc(-n2c3cccc4c5ccccc5n5c6ccccc6c6ccc2c(c43)c65)c1.c1ccc(-c2ccc(N(c3ccccc3)c3cccc(-n4c5cccc6c7ccccc7n7c8ccccc8c8ccc4c(c65)c87)c3)cc2)cc1.c1ccc(-n2c3ccccc3c3ccc(-n4c5cccc6c5c5c7c(cccc7ccc54)-c4ccccc4-6)cc32)cc1. The lowest BCUT2D eigenvalue weighted by Gasteiger charge is -2.26. The van der Waals surface area contributed by atoms with Crippen molar-refractivity contribution in [2.75, 3.05) is 4.90 Å². The summed E-state index contributed by atoms with van der Waals surface area (Å²) in [6.45, 7) is 0. The van der Waals surface area contributed by atoms with Gasteiger partial charge in [0, 0.05) is 132 Å². The van der Waals surface area contributed by atoms with Gasteiger partial charge >= 0.3 is 0 Å². The van der Waals surface area contributed by atoms with E-state index in [1.807, 2.05) is 0 Å². The zero-order valence-corrected chi connectivity index (χ0v) is 74.8. The topological polar surface area (TPSA) is 36.7 Å². The van der Waals surface area contributed by atoms with Crippen LogP contribution >= 0.6 is 0 Å². The molecule has 0 atom stereocenters. The molecule has 0 unspecified atom stereocenters. The number of hydrogen-bond donors (Lipinski definition) is 0. The van der Waals surface area contributed by atoms with Crippen LogP contribution in [0.2, 0.25) is 0 Å². The number of benzene rings is 22. The lowest BCUT2D eigenvalue weighted by atomic mass is 9.93. The summed E-state index contributed by atoms with van der Waals surface area (Å²) in [4.78, 5) is 2.35. The monoisotopic (exact) mass is 1750 g/mol. The van der Waals surface area contributed by atoms with Gasteiger partial charge in [0.25, 0.3) is 0 Å². The van der Waals surface area contributed by atoms with E-state index in [1.165, 1.54) is 241 Å². The van der Waals surface area contributed by atoms with E-state index in [1.54, 1.807) is 0 Å². The summed E-state index contributed by atoms with van der Waals surface area (Å²) in [5, 5.41) is 25.8. The fourth-order valence-electron chi connectivity index (χ4n) is 24.3. The van der Waals surface area contributed by atoms with Crippen LogP contribution in [0, 0.1) is 0 Å². The second-order valence-electron chi connectivity index (χ2n) is 36.8. The molecule has 9 heterocycles. The van der Waals surface area contributed by atoms with Crippen LogP contribution in [0.3, 0.4) is 0 Å². The molecule has 1 aliphatic carbocycles. The van der Waals surface area contributed by atoms with Crippen molar-refractivity contribution in [3.63, 3.8) is 0 Å². The Hall–Kier alpha value is -18.5. The predicted molar refractivity (Wildman–Crippen MR) is 582 cm³/mol. The summed E-state index contributed by atoms with van der Waals surface area (Å²) < 4.78 is 17.2. The molecule has 0 saturated heterocycles. The molecule has 8 heteroatoms. The highest BCUT2D eigenvalue weighted by molar-refractivity contribution is 6.36. The quantitative estimate of drug-likeness (QED) is 0.142. The third-order valence-corrected chi connectivity index (χ3v) is 29.8. The van der Waals surface area contributed by atoms with Gasteiger partial charge in [-0.3, -0.25) is 0 Å². The van der Waals surface area contributed by atoms with Gasteiger partial charge in [0.15, 0.2) is 0 Å². The molecule has 0 saturated carbocycles. The van der Waals surface area contributed by atoms with E-state index < -0.39 is 0 Å². The molecule has 32 rings (SSSR count). The Kier molecular flexibility index (Phi) is 16.3. The molecule has 640 valence electrons. The van der Waals surface area contributed by atoms with Gasteiger partial charge in [-0.1, -0.05) is 322 Å². The molecule has 0 fully saturated rings. The molecule has 0 radical (unpaired) electrons. The average molecular weight is 1750 g/mol. The molecule has 8 nitrogen and oxygen atoms in total. The van der Waals surface area contributed by atoms with Gasteiger partial charge in [0.05, 0.1) is 88.3 Å². The predicted octanol–water partition coefficient (Wildman–Crippen LogP) is 34.8. The Bertz CT molecular complexity index is 10400. The minimum absolute atomic E-state index is 1.10. The minimum atomic E-state index is 1.10. The van der Waals surface area contributed by atoms with Crippen LogP contribution < -0.4 is 4.90 Å². The number of nitrogens with zero attached hydrogens (tertiary/aromatic N) is 8. The summed E-state index contributed by atoms with van der Waals surface area (Å²) in [6.07, 6.45) is 0. The van der Waals surface area contributed by atoms with Crippen molar-refractivity contribution < 1.29 is 0 Å². The lowest BCUT2D eigenvalue weighted by molar-refractivity contribution is 1.13. The molecule has 138 heavy (non-hydrogen) atoms. The van der Waals surface area contributed by atoms with Crippen LogP contribution in [0.5, 0.6) is 0 Å². The van der Waals surface area contributed by atoms with Crippen LogP contribution in [-0.4, -0.2) is 31.6 Å². The first-order valence-electron chi connectivity index (χ1n) is 47.6.